The van der Waals surface area contributed by atoms with Gasteiger partial charge in [0.25, 0.3) is 5.91 Å². The Morgan fingerprint density at radius 1 is 1.04 bits per heavy atom. The van der Waals surface area contributed by atoms with E-state index in [2.05, 4.69) is 5.32 Å². The summed E-state index contributed by atoms with van der Waals surface area (Å²) in [6.07, 6.45) is 0.881. The van der Waals surface area contributed by atoms with Gasteiger partial charge in [0, 0.05) is 17.2 Å². The molecule has 0 heterocycles. The van der Waals surface area contributed by atoms with Gasteiger partial charge in [0.05, 0.1) is 13.7 Å². The number of carbonyl (C=O) groups excluding carboxylic acids is 1. The zero-order valence-electron chi connectivity index (χ0n) is 15.9. The predicted octanol–water partition coefficient (Wildman–Crippen LogP) is 4.20. The van der Waals surface area contributed by atoms with Gasteiger partial charge in [-0.3, -0.25) is 4.79 Å². The van der Waals surface area contributed by atoms with Gasteiger partial charge in [-0.25, -0.2) is 0 Å². The van der Waals surface area contributed by atoms with E-state index < -0.39 is 0 Å². The van der Waals surface area contributed by atoms with Crippen molar-refractivity contribution in [1.29, 1.82) is 0 Å². The van der Waals surface area contributed by atoms with E-state index in [9.17, 15) is 4.79 Å². The average Bonchev–Trinajstić information content (AvgIpc) is 2.67. The van der Waals surface area contributed by atoms with Crippen molar-refractivity contribution in [2.75, 3.05) is 13.7 Å². The number of ether oxygens (including phenoxy) is 3. The van der Waals surface area contributed by atoms with Crippen molar-refractivity contribution in [1.82, 2.24) is 5.32 Å². The first kappa shape index (κ1) is 19.6. The molecule has 0 aliphatic rings. The lowest BCUT2D eigenvalue weighted by Gasteiger charge is -2.16. The Morgan fingerprint density at radius 3 is 2.42 bits per heavy atom. The molecule has 2 aromatic carbocycles. The molecule has 0 spiro atoms. The van der Waals surface area contributed by atoms with Crippen LogP contribution in [0.1, 0.15) is 43.1 Å². The lowest BCUT2D eigenvalue weighted by Crippen LogP contribution is -2.32. The molecule has 5 nitrogen and oxygen atoms in total. The summed E-state index contributed by atoms with van der Waals surface area (Å²) in [7, 11) is 1.60. The van der Waals surface area contributed by atoms with E-state index in [1.165, 1.54) is 0 Å². The Labute approximate surface area is 155 Å². The van der Waals surface area contributed by atoms with Crippen LogP contribution in [-0.4, -0.2) is 25.7 Å². The summed E-state index contributed by atoms with van der Waals surface area (Å²) in [4.78, 5) is 12.4. The molecule has 140 valence electrons. The second kappa shape index (κ2) is 9.70. The van der Waals surface area contributed by atoms with E-state index in [0.717, 1.165) is 12.0 Å². The third-order valence-corrected chi connectivity index (χ3v) is 4.06. The molecule has 5 heteroatoms. The molecule has 0 radical (unpaired) electrons. The Morgan fingerprint density at radius 2 is 1.77 bits per heavy atom. The highest BCUT2D eigenvalue weighted by atomic mass is 16.5. The van der Waals surface area contributed by atoms with Crippen molar-refractivity contribution < 1.29 is 19.0 Å². The van der Waals surface area contributed by atoms with Crippen LogP contribution in [0, 0.1) is 0 Å². The average molecular weight is 357 g/mol. The molecule has 0 saturated heterocycles. The fourth-order valence-electron chi connectivity index (χ4n) is 2.43. The minimum atomic E-state index is -0.0964. The molecular formula is C21H27NO4. The van der Waals surface area contributed by atoms with Crippen molar-refractivity contribution in [2.24, 2.45) is 0 Å². The molecule has 1 unspecified atom stereocenters. The third-order valence-electron chi connectivity index (χ3n) is 4.06. The zero-order valence-corrected chi connectivity index (χ0v) is 15.9. The number of rotatable bonds is 9. The van der Waals surface area contributed by atoms with Crippen LogP contribution >= 0.6 is 0 Å². The number of carbonyl (C=O) groups is 1. The molecule has 0 bridgehead atoms. The molecule has 1 amide bonds. The molecule has 2 rings (SSSR count). The van der Waals surface area contributed by atoms with Gasteiger partial charge in [0.2, 0.25) is 0 Å². The quantitative estimate of drug-likeness (QED) is 0.731. The number of methoxy groups -OCH3 is 1. The highest BCUT2D eigenvalue weighted by Crippen LogP contribution is 2.28. The first-order chi connectivity index (χ1) is 12.6. The smallest absolute Gasteiger partial charge is 0.251 e. The first-order valence-corrected chi connectivity index (χ1v) is 8.91. The maximum Gasteiger partial charge on any atom is 0.251 e. The van der Waals surface area contributed by atoms with Gasteiger partial charge in [-0.05, 0) is 50.6 Å². The van der Waals surface area contributed by atoms with E-state index in [-0.39, 0.29) is 18.6 Å². The Kier molecular flexibility index (Phi) is 7.33. The van der Waals surface area contributed by atoms with E-state index >= 15 is 0 Å². The Balaban J connectivity index is 2.21. The number of hydrogen-bond acceptors (Lipinski definition) is 4. The summed E-state index contributed by atoms with van der Waals surface area (Å²) in [5.41, 5.74) is 1.40. The Bertz CT molecular complexity index is 730. The molecular weight excluding hydrogens is 330 g/mol. The number of amides is 1. The van der Waals surface area contributed by atoms with Gasteiger partial charge in [0.15, 0.2) is 11.5 Å². The second-order valence-corrected chi connectivity index (χ2v) is 5.98. The van der Waals surface area contributed by atoms with E-state index in [0.29, 0.717) is 29.4 Å². The largest absolute Gasteiger partial charge is 0.493 e. The fraction of sp³-hybridized carbons (Fsp3) is 0.381. The summed E-state index contributed by atoms with van der Waals surface area (Å²) in [5, 5.41) is 2.98. The topological polar surface area (TPSA) is 56.8 Å². The number of nitrogens with one attached hydrogen (secondary N) is 1. The van der Waals surface area contributed by atoms with Crippen molar-refractivity contribution in [3.05, 3.63) is 53.6 Å². The molecule has 26 heavy (non-hydrogen) atoms. The fourth-order valence-corrected chi connectivity index (χ4v) is 2.43. The molecule has 0 saturated carbocycles. The molecule has 1 atom stereocenters. The summed E-state index contributed by atoms with van der Waals surface area (Å²) >= 11 is 0. The van der Waals surface area contributed by atoms with Crippen LogP contribution in [0.2, 0.25) is 0 Å². The highest BCUT2D eigenvalue weighted by Gasteiger charge is 2.13. The van der Waals surface area contributed by atoms with Crippen molar-refractivity contribution >= 4 is 5.91 Å². The van der Waals surface area contributed by atoms with Crippen LogP contribution in [-0.2, 0) is 6.61 Å². The molecule has 1 N–H and O–H groups in total. The molecule has 0 fully saturated rings. The van der Waals surface area contributed by atoms with Gasteiger partial charge in [-0.15, -0.1) is 0 Å². The summed E-state index contributed by atoms with van der Waals surface area (Å²) in [5.74, 6) is 1.92. The zero-order chi connectivity index (χ0) is 18.9. The maximum absolute atomic E-state index is 12.4. The monoisotopic (exact) mass is 357 g/mol. The minimum absolute atomic E-state index is 0.0964. The number of para-hydroxylation sites is 2. The van der Waals surface area contributed by atoms with Gasteiger partial charge in [-0.1, -0.05) is 19.1 Å². The number of benzene rings is 2. The first-order valence-electron chi connectivity index (χ1n) is 8.91. The van der Waals surface area contributed by atoms with Gasteiger partial charge in [0.1, 0.15) is 12.4 Å². The minimum Gasteiger partial charge on any atom is -0.493 e. The predicted molar refractivity (Wildman–Crippen MR) is 102 cm³/mol. The van der Waals surface area contributed by atoms with E-state index in [1.807, 2.05) is 57.2 Å². The highest BCUT2D eigenvalue weighted by molar-refractivity contribution is 5.94. The van der Waals surface area contributed by atoms with Crippen LogP contribution in [0.5, 0.6) is 17.2 Å². The molecule has 0 aliphatic carbocycles. The summed E-state index contributed by atoms with van der Waals surface area (Å²) < 4.78 is 16.9. The van der Waals surface area contributed by atoms with E-state index in [1.54, 1.807) is 13.2 Å². The van der Waals surface area contributed by atoms with Gasteiger partial charge >= 0.3 is 0 Å². The lowest BCUT2D eigenvalue weighted by atomic mass is 10.1. The standard InChI is InChI=1S/C21H27NO4/c1-5-15(3)22-21(23)16-11-12-18(25-6-2)17(13-16)14-26-20-10-8-7-9-19(20)24-4/h7-13,15H,5-6,14H2,1-4H3,(H,22,23). The van der Waals surface area contributed by atoms with Gasteiger partial charge < -0.3 is 19.5 Å². The van der Waals surface area contributed by atoms with Gasteiger partial charge in [-0.2, -0.15) is 0 Å². The van der Waals surface area contributed by atoms with Crippen LogP contribution in [0.15, 0.2) is 42.5 Å². The molecule has 0 aromatic heterocycles. The molecule has 2 aromatic rings. The summed E-state index contributed by atoms with van der Waals surface area (Å²) in [6, 6.07) is 13.0. The lowest BCUT2D eigenvalue weighted by molar-refractivity contribution is 0.0939. The van der Waals surface area contributed by atoms with Crippen LogP contribution in [0.25, 0.3) is 0 Å². The third kappa shape index (κ3) is 5.15. The van der Waals surface area contributed by atoms with Crippen LogP contribution < -0.4 is 19.5 Å². The van der Waals surface area contributed by atoms with Crippen molar-refractivity contribution in [3.63, 3.8) is 0 Å². The van der Waals surface area contributed by atoms with Crippen LogP contribution in [0.3, 0.4) is 0 Å². The second-order valence-electron chi connectivity index (χ2n) is 5.98. The SMILES string of the molecule is CCOc1ccc(C(=O)NC(C)CC)cc1COc1ccccc1OC. The number of hydrogen-bond donors (Lipinski definition) is 1. The van der Waals surface area contributed by atoms with Crippen molar-refractivity contribution in [2.45, 2.75) is 39.8 Å². The van der Waals surface area contributed by atoms with Crippen molar-refractivity contribution in [3.8, 4) is 17.2 Å². The molecule has 0 aliphatic heterocycles. The van der Waals surface area contributed by atoms with Crippen LogP contribution in [0.4, 0.5) is 0 Å². The maximum atomic E-state index is 12.4. The van der Waals surface area contributed by atoms with E-state index in [4.69, 9.17) is 14.2 Å². The summed E-state index contributed by atoms with van der Waals surface area (Å²) in [6.45, 7) is 6.77. The normalized spacial score (nSPS) is 11.5. The Hall–Kier alpha value is -2.69.